The molecular weight excluding hydrogens is 242 g/mol. The largest absolute Gasteiger partial charge is 0.508 e. The second-order valence-electron chi connectivity index (χ2n) is 4.88. The van der Waals surface area contributed by atoms with Gasteiger partial charge in [-0.1, -0.05) is 18.6 Å². The Morgan fingerprint density at radius 3 is 2.74 bits per heavy atom. The molecule has 1 aliphatic heterocycles. The van der Waals surface area contributed by atoms with Crippen molar-refractivity contribution in [3.8, 4) is 5.75 Å². The molecule has 0 saturated carbocycles. The molecule has 5 heteroatoms. The van der Waals surface area contributed by atoms with E-state index in [1.165, 1.54) is 12.8 Å². The van der Waals surface area contributed by atoms with Gasteiger partial charge in [0.15, 0.2) is 0 Å². The first-order valence-electron chi connectivity index (χ1n) is 6.77. The highest BCUT2D eigenvalue weighted by Gasteiger charge is 2.12. The Balaban J connectivity index is 1.65. The number of hydrogen-bond acceptors (Lipinski definition) is 3. The first kappa shape index (κ1) is 13.7. The molecule has 1 fully saturated rings. The maximum absolute atomic E-state index is 11.6. The molecule has 1 aromatic rings. The lowest BCUT2D eigenvalue weighted by Gasteiger charge is -2.23. The number of carbonyl (C=O) groups excluding carboxylic acids is 1. The quantitative estimate of drug-likeness (QED) is 0.662. The van der Waals surface area contributed by atoms with Crippen LogP contribution in [0.3, 0.4) is 0 Å². The predicted octanol–water partition coefficient (Wildman–Crippen LogP) is 1.33. The van der Waals surface area contributed by atoms with E-state index < -0.39 is 0 Å². The van der Waals surface area contributed by atoms with Crippen LogP contribution in [0, 0.1) is 0 Å². The average Bonchev–Trinajstić information content (AvgIpc) is 2.45. The van der Waals surface area contributed by atoms with Crippen LogP contribution >= 0.6 is 0 Å². The number of hydrogen-bond donors (Lipinski definition) is 4. The lowest BCUT2D eigenvalue weighted by atomic mass is 10.1. The van der Waals surface area contributed by atoms with Crippen LogP contribution in [0.4, 0.5) is 4.79 Å². The SMILES string of the molecule is O=C(NCc1ccc(O)cc1)NCC1CCCCN1. The Hall–Kier alpha value is -1.75. The van der Waals surface area contributed by atoms with Gasteiger partial charge in [-0.05, 0) is 37.1 Å². The highest BCUT2D eigenvalue weighted by molar-refractivity contribution is 5.73. The van der Waals surface area contributed by atoms with Crippen molar-refractivity contribution < 1.29 is 9.90 Å². The first-order valence-corrected chi connectivity index (χ1v) is 6.77. The van der Waals surface area contributed by atoms with Gasteiger partial charge in [-0.2, -0.15) is 0 Å². The summed E-state index contributed by atoms with van der Waals surface area (Å²) in [6.07, 6.45) is 3.58. The van der Waals surface area contributed by atoms with Crippen LogP contribution in [-0.2, 0) is 6.54 Å². The molecule has 2 amide bonds. The van der Waals surface area contributed by atoms with Crippen molar-refractivity contribution in [2.24, 2.45) is 0 Å². The van der Waals surface area contributed by atoms with Crippen molar-refractivity contribution in [3.05, 3.63) is 29.8 Å². The van der Waals surface area contributed by atoms with E-state index in [0.29, 0.717) is 19.1 Å². The topological polar surface area (TPSA) is 73.4 Å². The van der Waals surface area contributed by atoms with Crippen LogP contribution in [-0.4, -0.2) is 30.3 Å². The van der Waals surface area contributed by atoms with E-state index >= 15 is 0 Å². The third-order valence-corrected chi connectivity index (χ3v) is 3.31. The molecule has 0 aliphatic carbocycles. The number of piperidine rings is 1. The molecule has 1 atom stereocenters. The molecule has 1 unspecified atom stereocenters. The van der Waals surface area contributed by atoms with Gasteiger partial charge in [-0.15, -0.1) is 0 Å². The zero-order chi connectivity index (χ0) is 13.5. The number of phenols is 1. The van der Waals surface area contributed by atoms with Gasteiger partial charge in [0, 0.05) is 19.1 Å². The second-order valence-corrected chi connectivity index (χ2v) is 4.88. The number of rotatable bonds is 4. The van der Waals surface area contributed by atoms with Crippen LogP contribution in [0.5, 0.6) is 5.75 Å². The minimum absolute atomic E-state index is 0.152. The summed E-state index contributed by atoms with van der Waals surface area (Å²) in [5.41, 5.74) is 0.962. The van der Waals surface area contributed by atoms with Crippen LogP contribution in [0.25, 0.3) is 0 Å². The highest BCUT2D eigenvalue weighted by atomic mass is 16.3. The van der Waals surface area contributed by atoms with Gasteiger partial charge in [0.05, 0.1) is 0 Å². The fraction of sp³-hybridized carbons (Fsp3) is 0.500. The number of phenolic OH excluding ortho intramolecular Hbond substituents is 1. The Morgan fingerprint density at radius 2 is 2.05 bits per heavy atom. The minimum atomic E-state index is -0.152. The third kappa shape index (κ3) is 4.79. The van der Waals surface area contributed by atoms with Crippen LogP contribution in [0.2, 0.25) is 0 Å². The van der Waals surface area contributed by atoms with E-state index in [1.807, 2.05) is 0 Å². The molecule has 0 radical (unpaired) electrons. The van der Waals surface area contributed by atoms with E-state index in [2.05, 4.69) is 16.0 Å². The number of aromatic hydroxyl groups is 1. The molecule has 4 N–H and O–H groups in total. The monoisotopic (exact) mass is 263 g/mol. The van der Waals surface area contributed by atoms with E-state index in [1.54, 1.807) is 24.3 Å². The Kier molecular flexibility index (Phi) is 5.03. The lowest BCUT2D eigenvalue weighted by Crippen LogP contribution is -2.46. The third-order valence-electron chi connectivity index (χ3n) is 3.31. The summed E-state index contributed by atoms with van der Waals surface area (Å²) < 4.78 is 0. The molecule has 1 heterocycles. The van der Waals surface area contributed by atoms with E-state index in [4.69, 9.17) is 5.11 Å². The zero-order valence-electron chi connectivity index (χ0n) is 11.0. The number of amides is 2. The van der Waals surface area contributed by atoms with Gasteiger partial charge < -0.3 is 21.1 Å². The Bertz CT molecular complexity index is 400. The maximum Gasteiger partial charge on any atom is 0.315 e. The van der Waals surface area contributed by atoms with Crippen molar-refractivity contribution in [1.29, 1.82) is 0 Å². The smallest absolute Gasteiger partial charge is 0.315 e. The van der Waals surface area contributed by atoms with Gasteiger partial charge in [0.25, 0.3) is 0 Å². The summed E-state index contributed by atoms with van der Waals surface area (Å²) in [6, 6.07) is 7.05. The molecule has 1 aliphatic rings. The van der Waals surface area contributed by atoms with Crippen LogP contribution in [0.15, 0.2) is 24.3 Å². The fourth-order valence-corrected chi connectivity index (χ4v) is 2.17. The molecule has 0 bridgehead atoms. The molecule has 1 saturated heterocycles. The highest BCUT2D eigenvalue weighted by Crippen LogP contribution is 2.09. The summed E-state index contributed by atoms with van der Waals surface area (Å²) in [7, 11) is 0. The zero-order valence-corrected chi connectivity index (χ0v) is 11.0. The van der Waals surface area contributed by atoms with Gasteiger partial charge in [0.2, 0.25) is 0 Å². The normalized spacial score (nSPS) is 18.8. The molecule has 1 aromatic carbocycles. The number of nitrogens with one attached hydrogen (secondary N) is 3. The molecule has 0 aromatic heterocycles. The molecular formula is C14H21N3O2. The molecule has 104 valence electrons. The first-order chi connectivity index (χ1) is 9.24. The lowest BCUT2D eigenvalue weighted by molar-refractivity contribution is 0.238. The van der Waals surface area contributed by atoms with E-state index in [-0.39, 0.29) is 11.8 Å². The van der Waals surface area contributed by atoms with Gasteiger partial charge in [0.1, 0.15) is 5.75 Å². The standard InChI is InChI=1S/C14H21N3O2/c18-13-6-4-11(5-7-13)9-16-14(19)17-10-12-3-1-2-8-15-12/h4-7,12,15,18H,1-3,8-10H2,(H2,16,17,19). The maximum atomic E-state index is 11.6. The minimum Gasteiger partial charge on any atom is -0.508 e. The molecule has 5 nitrogen and oxygen atoms in total. The van der Waals surface area contributed by atoms with Gasteiger partial charge in [-0.3, -0.25) is 0 Å². The van der Waals surface area contributed by atoms with E-state index in [9.17, 15) is 4.79 Å². The number of urea groups is 1. The van der Waals surface area contributed by atoms with Gasteiger partial charge >= 0.3 is 6.03 Å². The summed E-state index contributed by atoms with van der Waals surface area (Å²) in [6.45, 7) is 2.17. The van der Waals surface area contributed by atoms with Crippen LogP contribution in [0.1, 0.15) is 24.8 Å². The molecule has 2 rings (SSSR count). The Labute approximate surface area is 113 Å². The van der Waals surface area contributed by atoms with Crippen molar-refractivity contribution in [2.75, 3.05) is 13.1 Å². The average molecular weight is 263 g/mol. The summed E-state index contributed by atoms with van der Waals surface area (Å²) >= 11 is 0. The van der Waals surface area contributed by atoms with E-state index in [0.717, 1.165) is 18.5 Å². The Morgan fingerprint density at radius 1 is 1.26 bits per heavy atom. The van der Waals surface area contributed by atoms with Crippen LogP contribution < -0.4 is 16.0 Å². The van der Waals surface area contributed by atoms with Crippen molar-refractivity contribution in [2.45, 2.75) is 31.8 Å². The van der Waals surface area contributed by atoms with Crippen molar-refractivity contribution in [1.82, 2.24) is 16.0 Å². The summed E-state index contributed by atoms with van der Waals surface area (Å²) in [5, 5.41) is 18.2. The fourth-order valence-electron chi connectivity index (χ4n) is 2.17. The second kappa shape index (κ2) is 6.99. The van der Waals surface area contributed by atoms with Crippen molar-refractivity contribution >= 4 is 6.03 Å². The number of carbonyl (C=O) groups is 1. The summed E-state index contributed by atoms with van der Waals surface area (Å²) in [5.74, 6) is 0.233. The van der Waals surface area contributed by atoms with Gasteiger partial charge in [-0.25, -0.2) is 4.79 Å². The predicted molar refractivity (Wildman–Crippen MR) is 74.0 cm³/mol. The molecule has 0 spiro atoms. The molecule has 19 heavy (non-hydrogen) atoms. The summed E-state index contributed by atoms with van der Waals surface area (Å²) in [4.78, 5) is 11.6. The van der Waals surface area contributed by atoms with Crippen molar-refractivity contribution in [3.63, 3.8) is 0 Å². The number of benzene rings is 1.